The second-order valence-electron chi connectivity index (χ2n) is 8.87. The van der Waals surface area contributed by atoms with Gasteiger partial charge < -0.3 is 4.90 Å². The lowest BCUT2D eigenvalue weighted by molar-refractivity contribution is -0.133. The predicted molar refractivity (Wildman–Crippen MR) is 143 cm³/mol. The number of carbonyl (C=O) groups is 1. The minimum Gasteiger partial charge on any atom is -0.330 e. The Morgan fingerprint density at radius 2 is 1.94 bits per heavy atom. The van der Waals surface area contributed by atoms with E-state index >= 15 is 0 Å². The number of hydrogen-bond acceptors (Lipinski definition) is 5. The molecular formula is C28H27N3O3S2. The first-order valence-electron chi connectivity index (χ1n) is 11.8. The number of carbonyl (C=O) groups excluding carboxylic acids is 1. The Morgan fingerprint density at radius 1 is 1.17 bits per heavy atom. The van der Waals surface area contributed by atoms with E-state index in [4.69, 9.17) is 0 Å². The van der Waals surface area contributed by atoms with Gasteiger partial charge in [-0.15, -0.1) is 17.9 Å². The average Bonchev–Trinajstić information content (AvgIpc) is 3.37. The van der Waals surface area contributed by atoms with Gasteiger partial charge in [0.25, 0.3) is 0 Å². The van der Waals surface area contributed by atoms with Crippen LogP contribution in [0.2, 0.25) is 0 Å². The second-order valence-corrected chi connectivity index (χ2v) is 11.8. The number of aryl methyl sites for hydroxylation is 1. The molecule has 2 aromatic heterocycles. The molecule has 0 N–H and O–H groups in total. The summed E-state index contributed by atoms with van der Waals surface area (Å²) in [7, 11) is -4.01. The number of pyridine rings is 1. The normalized spacial score (nSPS) is 15.7. The summed E-state index contributed by atoms with van der Waals surface area (Å²) in [4.78, 5) is 21.3. The van der Waals surface area contributed by atoms with E-state index in [-0.39, 0.29) is 29.9 Å². The number of hydrogen-bond donors (Lipinski definition) is 0. The van der Waals surface area contributed by atoms with Crippen molar-refractivity contribution < 1.29 is 13.2 Å². The molecule has 1 amide bonds. The zero-order valence-electron chi connectivity index (χ0n) is 20.0. The van der Waals surface area contributed by atoms with Crippen molar-refractivity contribution in [2.45, 2.75) is 24.3 Å². The lowest BCUT2D eigenvalue weighted by Gasteiger charge is -2.37. The largest absolute Gasteiger partial charge is 0.330 e. The summed E-state index contributed by atoms with van der Waals surface area (Å²) in [6.07, 6.45) is 3.83. The van der Waals surface area contributed by atoms with Crippen LogP contribution < -0.4 is 0 Å². The van der Waals surface area contributed by atoms with Crippen LogP contribution in [0.5, 0.6) is 0 Å². The van der Waals surface area contributed by atoms with E-state index in [9.17, 15) is 13.2 Å². The van der Waals surface area contributed by atoms with Gasteiger partial charge in [0.15, 0.2) is 0 Å². The van der Waals surface area contributed by atoms with Crippen molar-refractivity contribution in [1.29, 1.82) is 0 Å². The van der Waals surface area contributed by atoms with E-state index in [1.165, 1.54) is 15.3 Å². The monoisotopic (exact) mass is 517 g/mol. The molecule has 1 aliphatic rings. The fraction of sp³-hybridized carbons (Fsp3) is 0.214. The number of benzene rings is 2. The number of nitrogens with zero attached hydrogens (tertiary/aromatic N) is 3. The molecule has 1 aliphatic heterocycles. The maximum absolute atomic E-state index is 13.8. The van der Waals surface area contributed by atoms with Gasteiger partial charge in [0.05, 0.1) is 18.1 Å². The fourth-order valence-corrected chi connectivity index (χ4v) is 7.18. The summed E-state index contributed by atoms with van der Waals surface area (Å²) in [5.41, 5.74) is 3.66. The molecule has 2 aromatic carbocycles. The summed E-state index contributed by atoms with van der Waals surface area (Å²) in [6.45, 7) is 6.04. The maximum atomic E-state index is 13.8. The smallest absolute Gasteiger partial charge is 0.246 e. The third-order valence-electron chi connectivity index (χ3n) is 6.54. The zero-order chi connectivity index (χ0) is 25.3. The average molecular weight is 518 g/mol. The van der Waals surface area contributed by atoms with Crippen molar-refractivity contribution in [3.63, 3.8) is 0 Å². The van der Waals surface area contributed by atoms with Crippen molar-refractivity contribution in [1.82, 2.24) is 14.2 Å². The molecule has 0 bridgehead atoms. The third-order valence-corrected chi connectivity index (χ3v) is 9.38. The number of thiophene rings is 1. The molecule has 36 heavy (non-hydrogen) atoms. The van der Waals surface area contributed by atoms with Gasteiger partial charge in [-0.05, 0) is 48.1 Å². The minimum atomic E-state index is -4.01. The van der Waals surface area contributed by atoms with Gasteiger partial charge in [-0.1, -0.05) is 54.1 Å². The standard InChI is InChI=1S/C28H27N3O3S2/c1-3-16-30(36(33,34)25-8-4-6-21-7-5-15-29-27(21)25)19-26(32)31-17-13-24-23(14-18-35-24)28(31)22-11-9-20(2)10-12-22/h3-12,14-15,18,28H,1,13,16-17,19H2,2H3. The van der Waals surface area contributed by atoms with E-state index < -0.39 is 10.0 Å². The highest BCUT2D eigenvalue weighted by atomic mass is 32.2. The van der Waals surface area contributed by atoms with Crippen molar-refractivity contribution >= 4 is 38.2 Å². The Morgan fingerprint density at radius 3 is 2.72 bits per heavy atom. The number of para-hydroxylation sites is 1. The molecule has 3 heterocycles. The van der Waals surface area contributed by atoms with Gasteiger partial charge in [-0.2, -0.15) is 4.31 Å². The number of sulfonamides is 1. The van der Waals surface area contributed by atoms with Crippen LogP contribution in [0.15, 0.2) is 89.8 Å². The first kappa shape index (κ1) is 24.4. The van der Waals surface area contributed by atoms with E-state index in [1.54, 1.807) is 35.7 Å². The van der Waals surface area contributed by atoms with Crippen molar-refractivity contribution in [2.75, 3.05) is 19.6 Å². The molecular weight excluding hydrogens is 490 g/mol. The van der Waals surface area contributed by atoms with E-state index in [2.05, 4.69) is 23.0 Å². The first-order valence-corrected chi connectivity index (χ1v) is 14.1. The van der Waals surface area contributed by atoms with Crippen molar-refractivity contribution in [3.05, 3.63) is 106 Å². The Kier molecular flexibility index (Phi) is 6.75. The molecule has 1 unspecified atom stereocenters. The van der Waals surface area contributed by atoms with Gasteiger partial charge in [-0.25, -0.2) is 8.42 Å². The van der Waals surface area contributed by atoms with E-state index in [1.807, 2.05) is 48.2 Å². The third kappa shape index (κ3) is 4.48. The second kappa shape index (κ2) is 9.97. The molecule has 0 fully saturated rings. The Hall–Kier alpha value is -3.33. The predicted octanol–water partition coefficient (Wildman–Crippen LogP) is 4.96. The van der Waals surface area contributed by atoms with Crippen LogP contribution in [0.4, 0.5) is 0 Å². The summed E-state index contributed by atoms with van der Waals surface area (Å²) in [5.74, 6) is -0.240. The molecule has 0 saturated heterocycles. The minimum absolute atomic E-state index is 0.0179. The zero-order valence-corrected chi connectivity index (χ0v) is 21.6. The van der Waals surface area contributed by atoms with Crippen LogP contribution in [0.1, 0.15) is 27.6 Å². The van der Waals surface area contributed by atoms with E-state index in [0.29, 0.717) is 12.1 Å². The highest BCUT2D eigenvalue weighted by Crippen LogP contribution is 2.38. The molecule has 4 aromatic rings. The Bertz CT molecular complexity index is 1520. The molecule has 0 spiro atoms. The van der Waals surface area contributed by atoms with Crippen LogP contribution in [0.25, 0.3) is 10.9 Å². The Labute approximate surface area is 215 Å². The molecule has 1 atom stereocenters. The first-order chi connectivity index (χ1) is 17.4. The number of amides is 1. The molecule has 6 nitrogen and oxygen atoms in total. The fourth-order valence-electron chi connectivity index (χ4n) is 4.75. The number of rotatable bonds is 7. The van der Waals surface area contributed by atoms with Gasteiger partial charge in [0.1, 0.15) is 4.90 Å². The Balaban J connectivity index is 1.49. The van der Waals surface area contributed by atoms with Crippen LogP contribution in [-0.4, -0.2) is 48.1 Å². The van der Waals surface area contributed by atoms with Gasteiger partial charge in [-0.3, -0.25) is 9.78 Å². The van der Waals surface area contributed by atoms with Crippen LogP contribution in [0, 0.1) is 6.92 Å². The lowest BCUT2D eigenvalue weighted by atomic mass is 9.92. The quantitative estimate of drug-likeness (QED) is 0.325. The molecule has 0 aliphatic carbocycles. The molecule has 0 saturated carbocycles. The van der Waals surface area contributed by atoms with Crippen molar-refractivity contribution in [3.8, 4) is 0 Å². The number of fused-ring (bicyclic) bond motifs is 2. The van der Waals surface area contributed by atoms with Gasteiger partial charge in [0.2, 0.25) is 15.9 Å². The molecule has 184 valence electrons. The van der Waals surface area contributed by atoms with Gasteiger partial charge >= 0.3 is 0 Å². The van der Waals surface area contributed by atoms with Crippen molar-refractivity contribution in [2.24, 2.45) is 0 Å². The summed E-state index contributed by atoms with van der Waals surface area (Å²) in [5, 5.41) is 2.78. The molecule has 0 radical (unpaired) electrons. The van der Waals surface area contributed by atoms with E-state index in [0.717, 1.165) is 28.5 Å². The summed E-state index contributed by atoms with van der Waals surface area (Å²) < 4.78 is 28.7. The highest BCUT2D eigenvalue weighted by Gasteiger charge is 2.35. The SMILES string of the molecule is C=CCN(CC(=O)N1CCc2sccc2C1c1ccc(C)cc1)S(=O)(=O)c1cccc2cccnc12. The molecule has 5 rings (SSSR count). The van der Waals surface area contributed by atoms with Gasteiger partial charge in [0, 0.05) is 29.5 Å². The summed E-state index contributed by atoms with van der Waals surface area (Å²) >= 11 is 1.70. The van der Waals surface area contributed by atoms with Crippen LogP contribution in [0.3, 0.4) is 0 Å². The van der Waals surface area contributed by atoms with Crippen LogP contribution in [-0.2, 0) is 21.2 Å². The summed E-state index contributed by atoms with van der Waals surface area (Å²) in [6, 6.07) is 18.7. The molecule has 8 heteroatoms. The maximum Gasteiger partial charge on any atom is 0.246 e. The van der Waals surface area contributed by atoms with Crippen LogP contribution >= 0.6 is 11.3 Å². The lowest BCUT2D eigenvalue weighted by Crippen LogP contribution is -2.46. The topological polar surface area (TPSA) is 70.6 Å². The number of aromatic nitrogens is 1. The highest BCUT2D eigenvalue weighted by molar-refractivity contribution is 7.89.